The van der Waals surface area contributed by atoms with E-state index in [1.807, 2.05) is 19.1 Å². The van der Waals surface area contributed by atoms with E-state index in [2.05, 4.69) is 0 Å². The Hall–Kier alpha value is -1.82. The summed E-state index contributed by atoms with van der Waals surface area (Å²) < 4.78 is 36.1. The Morgan fingerprint density at radius 3 is 2.52 bits per heavy atom. The van der Waals surface area contributed by atoms with Gasteiger partial charge >= 0.3 is 10.1 Å². The Bertz CT molecular complexity index is 916. The predicted octanol–water partition coefficient (Wildman–Crippen LogP) is 4.10. The summed E-state index contributed by atoms with van der Waals surface area (Å²) in [6.07, 6.45) is 3.36. The minimum Gasteiger partial charge on any atom is -0.378 e. The third-order valence-electron chi connectivity index (χ3n) is 3.99. The van der Waals surface area contributed by atoms with Gasteiger partial charge in [-0.1, -0.05) is 41.4 Å². The van der Waals surface area contributed by atoms with E-state index in [1.54, 1.807) is 18.2 Å². The van der Waals surface area contributed by atoms with Crippen molar-refractivity contribution in [2.45, 2.75) is 24.0 Å². The van der Waals surface area contributed by atoms with E-state index < -0.39 is 10.1 Å². The highest BCUT2D eigenvalue weighted by Gasteiger charge is 2.37. The fraction of sp³-hybridized carbons (Fsp3) is 0.176. The van der Waals surface area contributed by atoms with Crippen molar-refractivity contribution in [2.75, 3.05) is 0 Å². The van der Waals surface area contributed by atoms with Crippen LogP contribution in [0.15, 0.2) is 53.4 Å². The molecule has 2 unspecified atom stereocenters. The maximum atomic E-state index is 12.5. The Morgan fingerprint density at radius 2 is 1.78 bits per heavy atom. The first-order chi connectivity index (χ1) is 10.9. The molecule has 0 spiro atoms. The summed E-state index contributed by atoms with van der Waals surface area (Å²) in [5, 5.41) is 0.419. The van der Waals surface area contributed by atoms with Gasteiger partial charge < -0.3 is 8.92 Å². The van der Waals surface area contributed by atoms with Crippen LogP contribution in [0.1, 0.15) is 28.9 Å². The van der Waals surface area contributed by atoms with Crippen LogP contribution in [0.25, 0.3) is 0 Å². The summed E-state index contributed by atoms with van der Waals surface area (Å²) in [5.74, 6) is 0.227. The van der Waals surface area contributed by atoms with Crippen LogP contribution in [-0.2, 0) is 14.9 Å². The summed E-state index contributed by atoms with van der Waals surface area (Å²) in [6.45, 7) is 1.89. The molecular weight excluding hydrogens is 336 g/mol. The van der Waals surface area contributed by atoms with Crippen LogP contribution >= 0.6 is 11.6 Å². The zero-order chi connectivity index (χ0) is 16.2. The van der Waals surface area contributed by atoms with Gasteiger partial charge in [-0.25, -0.2) is 0 Å². The summed E-state index contributed by atoms with van der Waals surface area (Å²) in [4.78, 5) is 0.108. The van der Waals surface area contributed by atoms with Crippen molar-refractivity contribution in [3.8, 4) is 5.75 Å². The van der Waals surface area contributed by atoms with Crippen LogP contribution in [0, 0.1) is 6.92 Å². The van der Waals surface area contributed by atoms with Crippen molar-refractivity contribution >= 4 is 21.7 Å². The second-order valence-corrected chi connectivity index (χ2v) is 7.60. The van der Waals surface area contributed by atoms with Gasteiger partial charge in [-0.05, 0) is 30.7 Å². The molecule has 2 heterocycles. The molecule has 2 aliphatic rings. The molecule has 0 radical (unpaired) electrons. The lowest BCUT2D eigenvalue weighted by atomic mass is 9.96. The van der Waals surface area contributed by atoms with Crippen LogP contribution in [0.3, 0.4) is 0 Å². The predicted molar refractivity (Wildman–Crippen MR) is 86.2 cm³/mol. The minimum atomic E-state index is -3.92. The van der Waals surface area contributed by atoms with Crippen LogP contribution < -0.4 is 4.18 Å². The molecule has 0 aromatic heterocycles. The Labute approximate surface area is 139 Å². The molecule has 4 rings (SSSR count). The fourth-order valence-electron chi connectivity index (χ4n) is 2.89. The van der Waals surface area contributed by atoms with Gasteiger partial charge in [-0.15, -0.1) is 0 Å². The zero-order valence-corrected chi connectivity index (χ0v) is 13.8. The highest BCUT2D eigenvalue weighted by Crippen LogP contribution is 2.51. The lowest BCUT2D eigenvalue weighted by Crippen LogP contribution is -2.12. The molecule has 2 atom stereocenters. The van der Waals surface area contributed by atoms with Crippen molar-refractivity contribution in [3.05, 3.63) is 70.3 Å². The molecule has 0 aliphatic carbocycles. The van der Waals surface area contributed by atoms with Gasteiger partial charge in [0.25, 0.3) is 0 Å². The Kier molecular flexibility index (Phi) is 3.27. The summed E-state index contributed by atoms with van der Waals surface area (Å²) in [7, 11) is -3.92. The smallest absolute Gasteiger partial charge is 0.339 e. The van der Waals surface area contributed by atoms with E-state index in [1.165, 1.54) is 18.2 Å². The number of hydrogen-bond donors (Lipinski definition) is 0. The standard InChI is InChI=1S/C17H13ClO4S/c1-10-2-4-12(5-3-10)23(19,20)22-16-9-11(18)8-13-14-6-7-15(21-14)17(13)16/h2-9,14-15H,1H3. The minimum absolute atomic E-state index is 0.108. The van der Waals surface area contributed by atoms with Crippen molar-refractivity contribution in [2.24, 2.45) is 0 Å². The highest BCUT2D eigenvalue weighted by atomic mass is 35.5. The zero-order valence-electron chi connectivity index (χ0n) is 12.2. The Morgan fingerprint density at radius 1 is 1.09 bits per heavy atom. The second-order valence-electron chi connectivity index (χ2n) is 5.62. The lowest BCUT2D eigenvalue weighted by Gasteiger charge is -2.15. The average Bonchev–Trinajstić information content (AvgIpc) is 3.08. The van der Waals surface area contributed by atoms with E-state index in [0.29, 0.717) is 5.02 Å². The molecule has 0 saturated carbocycles. The number of hydrogen-bond acceptors (Lipinski definition) is 4. The molecule has 2 aromatic rings. The van der Waals surface area contributed by atoms with Crippen LogP contribution in [-0.4, -0.2) is 8.42 Å². The molecule has 4 nitrogen and oxygen atoms in total. The van der Waals surface area contributed by atoms with Gasteiger partial charge in [0.05, 0.1) is 0 Å². The lowest BCUT2D eigenvalue weighted by molar-refractivity contribution is 0.0874. The van der Waals surface area contributed by atoms with E-state index >= 15 is 0 Å². The maximum absolute atomic E-state index is 12.5. The molecule has 2 bridgehead atoms. The number of fused-ring (bicyclic) bond motifs is 5. The first-order valence-corrected chi connectivity index (χ1v) is 8.91. The van der Waals surface area contributed by atoms with Crippen molar-refractivity contribution in [1.82, 2.24) is 0 Å². The average molecular weight is 349 g/mol. The van der Waals surface area contributed by atoms with Gasteiger partial charge in [-0.3, -0.25) is 0 Å². The van der Waals surface area contributed by atoms with Crippen LogP contribution in [0.2, 0.25) is 5.02 Å². The second kappa shape index (κ2) is 5.09. The molecular formula is C17H13ClO4S. The quantitative estimate of drug-likeness (QED) is 0.619. The fourth-order valence-corrected chi connectivity index (χ4v) is 4.04. The number of ether oxygens (including phenoxy) is 1. The van der Waals surface area contributed by atoms with Gasteiger partial charge in [0.2, 0.25) is 0 Å². The summed E-state index contributed by atoms with van der Waals surface area (Å²) >= 11 is 6.11. The number of aryl methyl sites for hydroxylation is 1. The summed E-state index contributed by atoms with van der Waals surface area (Å²) in [5.41, 5.74) is 2.57. The first-order valence-electron chi connectivity index (χ1n) is 7.12. The van der Waals surface area contributed by atoms with Gasteiger partial charge in [0.1, 0.15) is 17.1 Å². The van der Waals surface area contributed by atoms with Crippen molar-refractivity contribution < 1.29 is 17.3 Å². The Balaban J connectivity index is 1.76. The molecule has 2 aromatic carbocycles. The van der Waals surface area contributed by atoms with E-state index in [9.17, 15) is 8.42 Å². The highest BCUT2D eigenvalue weighted by molar-refractivity contribution is 7.87. The molecule has 0 saturated heterocycles. The monoisotopic (exact) mass is 348 g/mol. The first kappa shape index (κ1) is 14.8. The van der Waals surface area contributed by atoms with Gasteiger partial charge in [0.15, 0.2) is 5.75 Å². The van der Waals surface area contributed by atoms with Gasteiger partial charge in [0, 0.05) is 16.7 Å². The molecule has 118 valence electrons. The topological polar surface area (TPSA) is 52.6 Å². The molecule has 0 fully saturated rings. The van der Waals surface area contributed by atoms with Crippen molar-refractivity contribution in [1.29, 1.82) is 0 Å². The molecule has 0 N–H and O–H groups in total. The molecule has 6 heteroatoms. The normalized spacial score (nSPS) is 21.5. The van der Waals surface area contributed by atoms with Crippen molar-refractivity contribution in [3.63, 3.8) is 0 Å². The van der Waals surface area contributed by atoms with E-state index in [0.717, 1.165) is 16.7 Å². The number of rotatable bonds is 3. The molecule has 23 heavy (non-hydrogen) atoms. The van der Waals surface area contributed by atoms with E-state index in [4.69, 9.17) is 20.5 Å². The summed E-state index contributed by atoms with van der Waals surface area (Å²) in [6, 6.07) is 9.81. The molecule has 0 amide bonds. The van der Waals surface area contributed by atoms with Gasteiger partial charge in [-0.2, -0.15) is 8.42 Å². The third kappa shape index (κ3) is 2.45. The number of halogens is 1. The molecule has 2 aliphatic heterocycles. The number of benzene rings is 2. The van der Waals surface area contributed by atoms with Crippen LogP contribution in [0.4, 0.5) is 0 Å². The SMILES string of the molecule is Cc1ccc(S(=O)(=O)Oc2cc(Cl)cc3c2C2C=CC3O2)cc1. The van der Waals surface area contributed by atoms with E-state index in [-0.39, 0.29) is 22.9 Å². The van der Waals surface area contributed by atoms with Crippen LogP contribution in [0.5, 0.6) is 5.75 Å². The third-order valence-corrected chi connectivity index (χ3v) is 5.46. The maximum Gasteiger partial charge on any atom is 0.339 e. The largest absolute Gasteiger partial charge is 0.378 e.